The zero-order chi connectivity index (χ0) is 16.4. The highest BCUT2D eigenvalue weighted by molar-refractivity contribution is 5.93. The highest BCUT2D eigenvalue weighted by Gasteiger charge is 2.27. The lowest BCUT2D eigenvalue weighted by Crippen LogP contribution is -2.21. The van der Waals surface area contributed by atoms with Crippen molar-refractivity contribution in [2.45, 2.75) is 32.0 Å². The minimum Gasteiger partial charge on any atom is -0.391 e. The van der Waals surface area contributed by atoms with Crippen LogP contribution in [-0.4, -0.2) is 17.0 Å². The summed E-state index contributed by atoms with van der Waals surface area (Å²) in [4.78, 5) is 4.42. The van der Waals surface area contributed by atoms with Crippen LogP contribution in [0.3, 0.4) is 0 Å². The van der Waals surface area contributed by atoms with Crippen molar-refractivity contribution < 1.29 is 9.50 Å². The molecule has 2 aromatic rings. The summed E-state index contributed by atoms with van der Waals surface area (Å²) in [5, 5.41) is 13.0. The number of fused-ring (bicyclic) bond motifs is 1. The Morgan fingerprint density at radius 2 is 2.17 bits per heavy atom. The number of hydrogen-bond acceptors (Lipinski definition) is 3. The first-order valence-electron chi connectivity index (χ1n) is 7.62. The van der Waals surface area contributed by atoms with E-state index in [1.807, 2.05) is 31.2 Å². The Balaban J connectivity index is 1.69. The number of nitrogens with two attached hydrogens (primary N) is 1. The smallest absolute Gasteiger partial charge is 0.123 e. The van der Waals surface area contributed by atoms with Gasteiger partial charge in [0.25, 0.3) is 0 Å². The second kappa shape index (κ2) is 6.48. The predicted octanol–water partition coefficient (Wildman–Crippen LogP) is 2.77. The van der Waals surface area contributed by atoms with Crippen molar-refractivity contribution in [3.05, 3.63) is 65.0 Å². The van der Waals surface area contributed by atoms with Crippen LogP contribution in [0.25, 0.3) is 0 Å². The van der Waals surface area contributed by atoms with Crippen LogP contribution in [-0.2, 0) is 13.0 Å². The van der Waals surface area contributed by atoms with Crippen molar-refractivity contribution in [1.82, 2.24) is 0 Å². The third kappa shape index (κ3) is 3.57. The molecule has 1 aliphatic carbocycles. The van der Waals surface area contributed by atoms with Gasteiger partial charge in [-0.3, -0.25) is 4.99 Å². The molecule has 0 saturated heterocycles. The number of rotatable bonds is 3. The molecule has 120 valence electrons. The summed E-state index contributed by atoms with van der Waals surface area (Å²) >= 11 is 0. The van der Waals surface area contributed by atoms with Crippen LogP contribution in [0.5, 0.6) is 0 Å². The fourth-order valence-electron chi connectivity index (χ4n) is 2.82. The Kier molecular flexibility index (Phi) is 4.41. The van der Waals surface area contributed by atoms with Gasteiger partial charge >= 0.3 is 0 Å². The molecular weight excluding hydrogens is 293 g/mol. The summed E-state index contributed by atoms with van der Waals surface area (Å²) < 4.78 is 13.1. The SMILES string of the molecule is CC(=NCc1cccc(F)c1)Nc1ccc2c(c1)[C@@H](N)[C@H](O)C2. The van der Waals surface area contributed by atoms with Gasteiger partial charge in [-0.15, -0.1) is 0 Å². The van der Waals surface area contributed by atoms with E-state index in [0.29, 0.717) is 13.0 Å². The molecule has 0 fully saturated rings. The number of amidine groups is 1. The molecule has 0 spiro atoms. The van der Waals surface area contributed by atoms with Crippen molar-refractivity contribution in [1.29, 1.82) is 0 Å². The van der Waals surface area contributed by atoms with Gasteiger partial charge in [-0.1, -0.05) is 18.2 Å². The predicted molar refractivity (Wildman–Crippen MR) is 89.9 cm³/mol. The number of aliphatic hydroxyl groups excluding tert-OH is 1. The average molecular weight is 313 g/mol. The molecule has 0 aliphatic heterocycles. The molecule has 0 unspecified atom stereocenters. The monoisotopic (exact) mass is 313 g/mol. The van der Waals surface area contributed by atoms with Gasteiger partial charge < -0.3 is 16.2 Å². The lowest BCUT2D eigenvalue weighted by atomic mass is 10.1. The summed E-state index contributed by atoms with van der Waals surface area (Å²) in [5.74, 6) is 0.482. The Labute approximate surface area is 134 Å². The van der Waals surface area contributed by atoms with Crippen LogP contribution in [0.1, 0.15) is 29.7 Å². The molecule has 0 saturated carbocycles. The van der Waals surface area contributed by atoms with Gasteiger partial charge in [0.05, 0.1) is 24.5 Å². The number of hydrogen-bond donors (Lipinski definition) is 3. The van der Waals surface area contributed by atoms with E-state index < -0.39 is 6.10 Å². The highest BCUT2D eigenvalue weighted by Crippen LogP contribution is 2.31. The fourth-order valence-corrected chi connectivity index (χ4v) is 2.82. The quantitative estimate of drug-likeness (QED) is 0.603. The number of anilines is 1. The van der Waals surface area contributed by atoms with E-state index >= 15 is 0 Å². The van der Waals surface area contributed by atoms with Crippen molar-refractivity contribution >= 4 is 11.5 Å². The molecule has 0 amide bonds. The zero-order valence-corrected chi connectivity index (χ0v) is 13.0. The van der Waals surface area contributed by atoms with E-state index in [0.717, 1.165) is 28.2 Å². The third-order valence-electron chi connectivity index (χ3n) is 4.06. The summed E-state index contributed by atoms with van der Waals surface area (Å²) in [5.41, 5.74) is 9.76. The van der Waals surface area contributed by atoms with E-state index in [1.54, 1.807) is 6.07 Å². The van der Waals surface area contributed by atoms with Gasteiger partial charge in [0.1, 0.15) is 5.82 Å². The Hall–Kier alpha value is -2.24. The first-order chi connectivity index (χ1) is 11.0. The van der Waals surface area contributed by atoms with Gasteiger partial charge in [0.2, 0.25) is 0 Å². The number of aliphatic hydroxyl groups is 1. The van der Waals surface area contributed by atoms with Crippen LogP contribution < -0.4 is 11.1 Å². The number of benzene rings is 2. The Morgan fingerprint density at radius 3 is 2.96 bits per heavy atom. The van der Waals surface area contributed by atoms with E-state index in [1.165, 1.54) is 12.1 Å². The summed E-state index contributed by atoms with van der Waals surface area (Å²) in [6.45, 7) is 2.28. The Morgan fingerprint density at radius 1 is 1.35 bits per heavy atom. The van der Waals surface area contributed by atoms with Gasteiger partial charge in [-0.05, 0) is 47.9 Å². The number of aliphatic imine (C=N–C) groups is 1. The molecule has 0 radical (unpaired) electrons. The number of halogens is 1. The second-order valence-corrected chi connectivity index (χ2v) is 5.87. The van der Waals surface area contributed by atoms with Crippen molar-refractivity contribution in [3.63, 3.8) is 0 Å². The molecule has 0 aromatic heterocycles. The Bertz CT molecular complexity index is 745. The standard InChI is InChI=1S/C18H20FN3O/c1-11(21-10-12-3-2-4-14(19)7-12)22-15-6-5-13-8-17(23)18(20)16(13)9-15/h2-7,9,17-18,23H,8,10,20H2,1H3,(H,21,22)/t17-,18-/m1/s1. The van der Waals surface area contributed by atoms with Gasteiger partial charge in [-0.2, -0.15) is 0 Å². The van der Waals surface area contributed by atoms with E-state index in [-0.39, 0.29) is 11.9 Å². The minimum absolute atomic E-state index is 0.255. The summed E-state index contributed by atoms with van der Waals surface area (Å²) in [7, 11) is 0. The fraction of sp³-hybridized carbons (Fsp3) is 0.278. The number of nitrogens with zero attached hydrogens (tertiary/aromatic N) is 1. The summed E-state index contributed by atoms with van der Waals surface area (Å²) in [6, 6.07) is 12.0. The van der Waals surface area contributed by atoms with Crippen LogP contribution in [0, 0.1) is 5.82 Å². The highest BCUT2D eigenvalue weighted by atomic mass is 19.1. The minimum atomic E-state index is -0.511. The lowest BCUT2D eigenvalue weighted by molar-refractivity contribution is 0.158. The molecule has 23 heavy (non-hydrogen) atoms. The maximum atomic E-state index is 13.1. The second-order valence-electron chi connectivity index (χ2n) is 5.87. The van der Waals surface area contributed by atoms with Crippen LogP contribution in [0.15, 0.2) is 47.5 Å². The zero-order valence-electron chi connectivity index (χ0n) is 13.0. The van der Waals surface area contributed by atoms with Crippen LogP contribution in [0.4, 0.5) is 10.1 Å². The molecule has 0 heterocycles. The topological polar surface area (TPSA) is 70.6 Å². The molecule has 4 N–H and O–H groups in total. The van der Waals surface area contributed by atoms with Crippen LogP contribution >= 0.6 is 0 Å². The molecule has 0 bridgehead atoms. The van der Waals surface area contributed by atoms with Gasteiger partial charge in [0, 0.05) is 12.1 Å². The molecular formula is C18H20FN3O. The maximum absolute atomic E-state index is 13.1. The van der Waals surface area contributed by atoms with Gasteiger partial charge in [-0.25, -0.2) is 4.39 Å². The van der Waals surface area contributed by atoms with Crippen LogP contribution in [0.2, 0.25) is 0 Å². The summed E-state index contributed by atoms with van der Waals surface area (Å²) in [6.07, 6.45) is 0.0895. The maximum Gasteiger partial charge on any atom is 0.123 e. The molecule has 4 nitrogen and oxygen atoms in total. The van der Waals surface area contributed by atoms with Crippen molar-refractivity contribution in [2.75, 3.05) is 5.32 Å². The van der Waals surface area contributed by atoms with Crippen molar-refractivity contribution in [2.24, 2.45) is 10.7 Å². The van der Waals surface area contributed by atoms with E-state index in [9.17, 15) is 9.50 Å². The first-order valence-corrected chi connectivity index (χ1v) is 7.62. The molecule has 1 aliphatic rings. The average Bonchev–Trinajstić information content (AvgIpc) is 2.80. The molecule has 5 heteroatoms. The van der Waals surface area contributed by atoms with Gasteiger partial charge in [0.15, 0.2) is 0 Å². The molecule has 2 atom stereocenters. The largest absolute Gasteiger partial charge is 0.391 e. The van der Waals surface area contributed by atoms with E-state index in [4.69, 9.17) is 5.73 Å². The molecule has 3 rings (SSSR count). The lowest BCUT2D eigenvalue weighted by Gasteiger charge is -2.11. The first kappa shape index (κ1) is 15.6. The molecule has 2 aromatic carbocycles. The van der Waals surface area contributed by atoms with Crippen molar-refractivity contribution in [3.8, 4) is 0 Å². The number of nitrogens with one attached hydrogen (secondary N) is 1. The normalized spacial score (nSPS) is 20.4. The van der Waals surface area contributed by atoms with E-state index in [2.05, 4.69) is 10.3 Å². The third-order valence-corrected chi connectivity index (χ3v) is 4.06.